The van der Waals surface area contributed by atoms with Crippen LogP contribution in [0.15, 0.2) is 72.9 Å². The van der Waals surface area contributed by atoms with Gasteiger partial charge < -0.3 is 34.8 Å². The number of rotatable bonds is 8. The second-order valence-electron chi connectivity index (χ2n) is 12.2. The van der Waals surface area contributed by atoms with Gasteiger partial charge in [-0.15, -0.1) is 0 Å². The second kappa shape index (κ2) is 14.0. The van der Waals surface area contributed by atoms with Gasteiger partial charge in [0.2, 0.25) is 5.91 Å². The van der Waals surface area contributed by atoms with E-state index in [1.807, 2.05) is 49.0 Å². The van der Waals surface area contributed by atoms with Crippen LogP contribution in [-0.2, 0) is 24.4 Å². The molecule has 0 saturated heterocycles. The number of hydrogen-bond donors (Lipinski definition) is 3. The fourth-order valence-corrected chi connectivity index (χ4v) is 5.78. The average Bonchev–Trinajstić information content (AvgIpc) is 3.36. The Morgan fingerprint density at radius 2 is 1.75 bits per heavy atom. The number of aliphatic hydroxyl groups excluding tert-OH is 1. The Morgan fingerprint density at radius 3 is 2.44 bits per heavy atom. The second-order valence-corrected chi connectivity index (χ2v) is 12.2. The molecular weight excluding hydrogens is 627 g/mol. The first-order valence-electron chi connectivity index (χ1n) is 15.5. The molecule has 0 bridgehead atoms. The number of amides is 4. The molecule has 254 valence electrons. The molecule has 1 aliphatic rings. The van der Waals surface area contributed by atoms with Crippen molar-refractivity contribution in [1.82, 2.24) is 14.4 Å². The summed E-state index contributed by atoms with van der Waals surface area (Å²) in [5, 5.41) is 16.4. The summed E-state index contributed by atoms with van der Waals surface area (Å²) in [6.07, 6.45) is -3.07. The van der Waals surface area contributed by atoms with Gasteiger partial charge in [0, 0.05) is 55.0 Å². The normalized spacial score (nSPS) is 17.2. The molecule has 10 nitrogen and oxygen atoms in total. The third kappa shape index (κ3) is 7.57. The van der Waals surface area contributed by atoms with Gasteiger partial charge in [0.15, 0.2) is 0 Å². The average molecular weight is 666 g/mol. The highest BCUT2D eigenvalue weighted by Crippen LogP contribution is 2.32. The van der Waals surface area contributed by atoms with Crippen molar-refractivity contribution >= 4 is 40.1 Å². The maximum atomic E-state index is 13.8. The van der Waals surface area contributed by atoms with E-state index in [-0.39, 0.29) is 60.8 Å². The predicted octanol–water partition coefficient (Wildman–Crippen LogP) is 5.76. The van der Waals surface area contributed by atoms with Gasteiger partial charge in [0.25, 0.3) is 5.91 Å². The van der Waals surface area contributed by atoms with Crippen LogP contribution >= 0.6 is 0 Å². The number of nitrogens with one attached hydrogen (secondary N) is 2. The number of urea groups is 1. The van der Waals surface area contributed by atoms with Gasteiger partial charge in [-0.2, -0.15) is 13.2 Å². The first-order chi connectivity index (χ1) is 22.7. The smallest absolute Gasteiger partial charge is 0.416 e. The van der Waals surface area contributed by atoms with Gasteiger partial charge in [0.1, 0.15) is 11.9 Å². The van der Waals surface area contributed by atoms with E-state index in [1.165, 1.54) is 24.1 Å². The lowest BCUT2D eigenvalue weighted by Crippen LogP contribution is -2.50. The molecule has 4 aromatic rings. The zero-order valence-corrected chi connectivity index (χ0v) is 27.0. The molecule has 48 heavy (non-hydrogen) atoms. The summed E-state index contributed by atoms with van der Waals surface area (Å²) in [5.41, 5.74) is 1.82. The van der Waals surface area contributed by atoms with Crippen LogP contribution in [0, 0.1) is 5.92 Å². The highest BCUT2D eigenvalue weighted by molar-refractivity contribution is 6.01. The molecule has 0 fully saturated rings. The number of aromatic nitrogens is 1. The number of alkyl halides is 3. The number of ether oxygens (including phenoxy) is 1. The first-order valence-corrected chi connectivity index (χ1v) is 15.5. The van der Waals surface area contributed by atoms with Crippen LogP contribution in [0.4, 0.5) is 29.3 Å². The number of anilines is 2. The molecule has 2 heterocycles. The number of likely N-dealkylation sites (N-methyl/N-ethyl adjacent to an activating group) is 1. The Kier molecular flexibility index (Phi) is 9.99. The minimum atomic E-state index is -4.49. The van der Waals surface area contributed by atoms with Crippen molar-refractivity contribution in [3.8, 4) is 5.75 Å². The molecule has 0 spiro atoms. The number of carbonyl (C=O) groups excluding carboxylic acids is 3. The number of carbonyl (C=O) groups is 3. The summed E-state index contributed by atoms with van der Waals surface area (Å²) in [5.74, 6) is -0.693. The van der Waals surface area contributed by atoms with Gasteiger partial charge in [-0.3, -0.25) is 9.59 Å². The van der Waals surface area contributed by atoms with Crippen LogP contribution < -0.4 is 15.4 Å². The summed E-state index contributed by atoms with van der Waals surface area (Å²) >= 11 is 0. The first kappa shape index (κ1) is 34.3. The number of aliphatic hydroxyl groups is 1. The Balaban J connectivity index is 1.34. The third-order valence-electron chi connectivity index (χ3n) is 8.54. The van der Waals surface area contributed by atoms with Gasteiger partial charge in [-0.25, -0.2) is 4.79 Å². The van der Waals surface area contributed by atoms with E-state index in [4.69, 9.17) is 4.74 Å². The molecule has 0 unspecified atom stereocenters. The van der Waals surface area contributed by atoms with Crippen molar-refractivity contribution in [3.63, 3.8) is 0 Å². The standard InChI is InChI=1S/C35H38F3N5O5/c1-21-17-43(22(2)20-44)33(46)28-16-26(39-32(45)15-23-18-41(3)29-8-6-5-7-27(23)29)13-14-30(28)48-31(21)19-42(4)34(47)40-25-11-9-24(10-12-25)35(36,37)38/h5-14,16,18,21-22,31,44H,15,17,19-20H2,1-4H3,(H,39,45)(H,40,47)/t21-,22+,31+/m1/s1. The lowest BCUT2D eigenvalue weighted by atomic mass is 9.99. The lowest BCUT2D eigenvalue weighted by molar-refractivity contribution is -0.137. The molecule has 0 radical (unpaired) electrons. The number of halogens is 3. The van der Waals surface area contributed by atoms with Crippen LogP contribution in [0.3, 0.4) is 0 Å². The van der Waals surface area contributed by atoms with Crippen molar-refractivity contribution in [1.29, 1.82) is 0 Å². The molecule has 4 amide bonds. The Bertz CT molecular complexity index is 1810. The Hall–Kier alpha value is -5.04. The highest BCUT2D eigenvalue weighted by Gasteiger charge is 2.34. The fourth-order valence-electron chi connectivity index (χ4n) is 5.78. The van der Waals surface area contributed by atoms with Gasteiger partial charge in [-0.05, 0) is 61.0 Å². The topological polar surface area (TPSA) is 116 Å². The molecule has 13 heteroatoms. The number of para-hydroxylation sites is 1. The number of aryl methyl sites for hydroxylation is 1. The summed E-state index contributed by atoms with van der Waals surface area (Å²) < 4.78 is 47.1. The molecule has 0 saturated carbocycles. The summed E-state index contributed by atoms with van der Waals surface area (Å²) in [7, 11) is 3.45. The summed E-state index contributed by atoms with van der Waals surface area (Å²) in [6.45, 7) is 3.59. The molecule has 5 rings (SSSR count). The molecule has 3 atom stereocenters. The molecular formula is C35H38F3N5O5. The van der Waals surface area contributed by atoms with Crippen molar-refractivity contribution in [2.24, 2.45) is 13.0 Å². The van der Waals surface area contributed by atoms with Crippen molar-refractivity contribution < 1.29 is 37.4 Å². The van der Waals surface area contributed by atoms with E-state index in [2.05, 4.69) is 10.6 Å². The van der Waals surface area contributed by atoms with E-state index in [1.54, 1.807) is 30.0 Å². The largest absolute Gasteiger partial charge is 0.487 e. The van der Waals surface area contributed by atoms with Crippen molar-refractivity contribution in [2.75, 3.05) is 37.4 Å². The molecule has 3 N–H and O–H groups in total. The van der Waals surface area contributed by atoms with Gasteiger partial charge in [0.05, 0.1) is 36.7 Å². The molecule has 1 aliphatic heterocycles. The predicted molar refractivity (Wildman–Crippen MR) is 176 cm³/mol. The van der Waals surface area contributed by atoms with Crippen molar-refractivity contribution in [3.05, 3.63) is 89.6 Å². The Labute approximate surface area is 276 Å². The number of benzene rings is 3. The minimum absolute atomic E-state index is 0.0755. The highest BCUT2D eigenvalue weighted by atomic mass is 19.4. The van der Waals surface area contributed by atoms with E-state index >= 15 is 0 Å². The Morgan fingerprint density at radius 1 is 1.06 bits per heavy atom. The molecule has 3 aromatic carbocycles. The monoisotopic (exact) mass is 665 g/mol. The van der Waals surface area contributed by atoms with Gasteiger partial charge >= 0.3 is 12.2 Å². The summed E-state index contributed by atoms with van der Waals surface area (Å²) in [4.78, 5) is 42.8. The molecule has 1 aromatic heterocycles. The maximum absolute atomic E-state index is 13.8. The van der Waals surface area contributed by atoms with Crippen LogP contribution in [0.5, 0.6) is 5.75 Å². The minimum Gasteiger partial charge on any atom is -0.487 e. The number of hydrogen-bond acceptors (Lipinski definition) is 5. The summed E-state index contributed by atoms with van der Waals surface area (Å²) in [6, 6.07) is 15.6. The maximum Gasteiger partial charge on any atom is 0.416 e. The van der Waals surface area contributed by atoms with Crippen LogP contribution in [0.1, 0.15) is 35.3 Å². The zero-order valence-electron chi connectivity index (χ0n) is 27.0. The lowest BCUT2D eigenvalue weighted by Gasteiger charge is -2.38. The quantitative estimate of drug-likeness (QED) is 0.221. The van der Waals surface area contributed by atoms with E-state index in [0.717, 1.165) is 28.6 Å². The van der Waals surface area contributed by atoms with E-state index in [9.17, 15) is 32.7 Å². The van der Waals surface area contributed by atoms with E-state index in [0.29, 0.717) is 5.69 Å². The SMILES string of the molecule is C[C@@H]1CN([C@@H](C)CO)C(=O)c2cc(NC(=O)Cc3cn(C)c4ccccc34)ccc2O[C@H]1CN(C)C(=O)Nc1ccc(C(F)(F)F)cc1. The third-order valence-corrected chi connectivity index (χ3v) is 8.54. The zero-order chi connectivity index (χ0) is 34.7. The number of nitrogens with zero attached hydrogens (tertiary/aromatic N) is 3. The fraction of sp³-hybridized carbons (Fsp3) is 0.343. The van der Waals surface area contributed by atoms with E-state index < -0.39 is 29.9 Å². The van der Waals surface area contributed by atoms with Crippen molar-refractivity contribution in [2.45, 2.75) is 38.6 Å². The van der Waals surface area contributed by atoms with Crippen LogP contribution in [0.2, 0.25) is 0 Å². The molecule has 0 aliphatic carbocycles. The number of fused-ring (bicyclic) bond motifs is 2. The van der Waals surface area contributed by atoms with Crippen LogP contribution in [-0.4, -0.2) is 76.2 Å². The van der Waals surface area contributed by atoms with Crippen LogP contribution in [0.25, 0.3) is 10.9 Å². The van der Waals surface area contributed by atoms with Gasteiger partial charge in [-0.1, -0.05) is 25.1 Å².